The number of aromatic nitrogens is 2. The molecule has 2 aromatic heterocycles. The minimum atomic E-state index is -0.397. The number of hydrogen-bond donors (Lipinski definition) is 2. The van der Waals surface area contributed by atoms with E-state index in [0.717, 1.165) is 29.7 Å². The molecule has 0 spiro atoms. The zero-order valence-electron chi connectivity index (χ0n) is 14.6. The van der Waals surface area contributed by atoms with Crippen LogP contribution in [0.25, 0.3) is 11.0 Å². The van der Waals surface area contributed by atoms with Gasteiger partial charge >= 0.3 is 0 Å². The first kappa shape index (κ1) is 17.8. The van der Waals surface area contributed by atoms with Crippen molar-refractivity contribution in [1.82, 2.24) is 20.2 Å². The summed E-state index contributed by atoms with van der Waals surface area (Å²) in [6, 6.07) is 11.2. The number of carbonyl (C=O) groups excluding carboxylic acids is 2. The lowest BCUT2D eigenvalue weighted by Crippen LogP contribution is -2.43. The second-order valence-electron chi connectivity index (χ2n) is 6.58. The van der Waals surface area contributed by atoms with Crippen LogP contribution in [0.4, 0.5) is 0 Å². The van der Waals surface area contributed by atoms with E-state index < -0.39 is 5.91 Å². The van der Waals surface area contributed by atoms with Gasteiger partial charge in [-0.25, -0.2) is 4.98 Å². The molecule has 2 amide bonds. The van der Waals surface area contributed by atoms with Crippen LogP contribution in [0.3, 0.4) is 0 Å². The van der Waals surface area contributed by atoms with Gasteiger partial charge in [-0.05, 0) is 53.0 Å². The minimum absolute atomic E-state index is 0.0353. The molecule has 0 unspecified atom stereocenters. The Bertz CT molecular complexity index is 939. The first-order valence-electron chi connectivity index (χ1n) is 8.86. The average molecular weight is 431 g/mol. The molecule has 1 aliphatic heterocycles. The minimum Gasteiger partial charge on any atom is -0.444 e. The quantitative estimate of drug-likeness (QED) is 0.665. The van der Waals surface area contributed by atoms with Gasteiger partial charge in [-0.3, -0.25) is 9.59 Å². The Morgan fingerprint density at radius 3 is 2.70 bits per heavy atom. The summed E-state index contributed by atoms with van der Waals surface area (Å²) in [5.41, 5.74) is 2.01. The Labute approximate surface area is 164 Å². The molecule has 0 radical (unpaired) electrons. The van der Waals surface area contributed by atoms with Gasteiger partial charge in [-0.15, -0.1) is 0 Å². The van der Waals surface area contributed by atoms with Crippen molar-refractivity contribution in [2.75, 3.05) is 19.6 Å². The molecular formula is C19H19BrN4O3. The van der Waals surface area contributed by atoms with Gasteiger partial charge in [0, 0.05) is 19.0 Å². The third-order valence-corrected chi connectivity index (χ3v) is 5.27. The van der Waals surface area contributed by atoms with Crippen molar-refractivity contribution < 1.29 is 14.0 Å². The van der Waals surface area contributed by atoms with Crippen LogP contribution in [0.15, 0.2) is 45.5 Å². The standard InChI is InChI=1S/C19H19BrN4O3/c20-16-6-5-15(27-16)19(26)21-11-17(25)24-9-7-12(8-10-24)18-22-13-3-1-2-4-14(13)23-18/h1-6,12H,7-11H2,(H,21,26)(H,22,23). The molecule has 1 aromatic carbocycles. The molecule has 0 bridgehead atoms. The number of nitrogens with zero attached hydrogens (tertiary/aromatic N) is 2. The molecule has 3 aromatic rings. The maximum atomic E-state index is 12.4. The summed E-state index contributed by atoms with van der Waals surface area (Å²) in [7, 11) is 0. The van der Waals surface area contributed by atoms with Gasteiger partial charge in [-0.1, -0.05) is 12.1 Å². The number of fused-ring (bicyclic) bond motifs is 1. The van der Waals surface area contributed by atoms with Crippen LogP contribution in [0, 0.1) is 0 Å². The Kier molecular flexibility index (Phi) is 4.98. The largest absolute Gasteiger partial charge is 0.444 e. The molecule has 1 aliphatic rings. The van der Waals surface area contributed by atoms with Gasteiger partial charge in [0.25, 0.3) is 5.91 Å². The third-order valence-electron chi connectivity index (χ3n) is 4.84. The Morgan fingerprint density at radius 2 is 2.00 bits per heavy atom. The molecule has 0 aliphatic carbocycles. The summed E-state index contributed by atoms with van der Waals surface area (Å²) in [5, 5.41) is 2.61. The predicted molar refractivity (Wildman–Crippen MR) is 103 cm³/mol. The van der Waals surface area contributed by atoms with Gasteiger partial charge < -0.3 is 19.6 Å². The smallest absolute Gasteiger partial charge is 0.287 e. The SMILES string of the molecule is O=C(NCC(=O)N1CCC(c2nc3ccccc3[nH]2)CC1)c1ccc(Br)o1. The van der Waals surface area contributed by atoms with Gasteiger partial charge in [-0.2, -0.15) is 0 Å². The highest BCUT2D eigenvalue weighted by atomic mass is 79.9. The fourth-order valence-corrected chi connectivity index (χ4v) is 3.67. The van der Waals surface area contributed by atoms with Crippen LogP contribution < -0.4 is 5.32 Å². The lowest BCUT2D eigenvalue weighted by molar-refractivity contribution is -0.131. The van der Waals surface area contributed by atoms with E-state index in [0.29, 0.717) is 23.7 Å². The normalized spacial score (nSPS) is 15.2. The molecule has 3 heterocycles. The number of benzene rings is 1. The van der Waals surface area contributed by atoms with E-state index >= 15 is 0 Å². The number of amides is 2. The van der Waals surface area contributed by atoms with E-state index in [4.69, 9.17) is 4.42 Å². The molecule has 4 rings (SSSR count). The van der Waals surface area contributed by atoms with Crippen LogP contribution in [0.1, 0.15) is 35.1 Å². The summed E-state index contributed by atoms with van der Waals surface area (Å²) < 4.78 is 5.66. The second kappa shape index (κ2) is 7.56. The number of piperidine rings is 1. The number of carbonyl (C=O) groups is 2. The maximum absolute atomic E-state index is 12.4. The molecule has 0 atom stereocenters. The first-order valence-corrected chi connectivity index (χ1v) is 9.65. The van der Waals surface area contributed by atoms with Crippen LogP contribution in [-0.2, 0) is 4.79 Å². The number of nitrogens with one attached hydrogen (secondary N) is 2. The molecule has 140 valence electrons. The van der Waals surface area contributed by atoms with Gasteiger partial charge in [0.2, 0.25) is 5.91 Å². The zero-order valence-corrected chi connectivity index (χ0v) is 16.2. The van der Waals surface area contributed by atoms with E-state index in [9.17, 15) is 9.59 Å². The van der Waals surface area contributed by atoms with Crippen molar-refractivity contribution in [3.05, 3.63) is 52.7 Å². The van der Waals surface area contributed by atoms with E-state index in [1.54, 1.807) is 17.0 Å². The highest BCUT2D eigenvalue weighted by molar-refractivity contribution is 9.10. The number of halogens is 1. The first-order chi connectivity index (χ1) is 13.1. The van der Waals surface area contributed by atoms with E-state index in [2.05, 4.69) is 31.2 Å². The van der Waals surface area contributed by atoms with Crippen LogP contribution in [-0.4, -0.2) is 46.3 Å². The molecule has 1 fully saturated rings. The number of rotatable bonds is 4. The van der Waals surface area contributed by atoms with Crippen LogP contribution in [0.2, 0.25) is 0 Å². The van der Waals surface area contributed by atoms with Crippen molar-refractivity contribution in [3.8, 4) is 0 Å². The van der Waals surface area contributed by atoms with Gasteiger partial charge in [0.1, 0.15) is 5.82 Å². The van der Waals surface area contributed by atoms with Crippen molar-refractivity contribution in [2.24, 2.45) is 0 Å². The molecular weight excluding hydrogens is 412 g/mol. The summed E-state index contributed by atoms with van der Waals surface area (Å²) >= 11 is 3.15. The predicted octanol–water partition coefficient (Wildman–Crippen LogP) is 3.05. The topological polar surface area (TPSA) is 91.2 Å². The summed E-state index contributed by atoms with van der Waals surface area (Å²) in [6.45, 7) is 1.28. The average Bonchev–Trinajstić information content (AvgIpc) is 3.32. The van der Waals surface area contributed by atoms with E-state index in [1.165, 1.54) is 0 Å². The van der Waals surface area contributed by atoms with Crippen molar-refractivity contribution in [1.29, 1.82) is 0 Å². The monoisotopic (exact) mass is 430 g/mol. The van der Waals surface area contributed by atoms with Gasteiger partial charge in [0.05, 0.1) is 17.6 Å². The lowest BCUT2D eigenvalue weighted by Gasteiger charge is -2.31. The van der Waals surface area contributed by atoms with Crippen LogP contribution in [0.5, 0.6) is 0 Å². The fourth-order valence-electron chi connectivity index (χ4n) is 3.36. The number of likely N-dealkylation sites (tertiary alicyclic amines) is 1. The maximum Gasteiger partial charge on any atom is 0.287 e. The highest BCUT2D eigenvalue weighted by Gasteiger charge is 2.26. The van der Waals surface area contributed by atoms with E-state index in [1.807, 2.05) is 24.3 Å². The van der Waals surface area contributed by atoms with E-state index in [-0.39, 0.29) is 18.2 Å². The third kappa shape index (κ3) is 3.90. The lowest BCUT2D eigenvalue weighted by atomic mass is 9.96. The van der Waals surface area contributed by atoms with Crippen molar-refractivity contribution >= 4 is 38.8 Å². The number of hydrogen-bond acceptors (Lipinski definition) is 4. The molecule has 27 heavy (non-hydrogen) atoms. The molecule has 0 saturated carbocycles. The summed E-state index contributed by atoms with van der Waals surface area (Å²) in [5.74, 6) is 0.998. The number of H-pyrrole nitrogens is 1. The number of furan rings is 1. The van der Waals surface area contributed by atoms with Gasteiger partial charge in [0.15, 0.2) is 10.4 Å². The highest BCUT2D eigenvalue weighted by Crippen LogP contribution is 2.27. The fraction of sp³-hybridized carbons (Fsp3) is 0.316. The molecule has 8 heteroatoms. The molecule has 7 nitrogen and oxygen atoms in total. The Balaban J connectivity index is 1.29. The number of para-hydroxylation sites is 2. The Hall–Kier alpha value is -2.61. The molecule has 2 N–H and O–H groups in total. The van der Waals surface area contributed by atoms with Crippen molar-refractivity contribution in [3.63, 3.8) is 0 Å². The second-order valence-corrected chi connectivity index (χ2v) is 7.36. The number of aromatic amines is 1. The van der Waals surface area contributed by atoms with Crippen LogP contribution >= 0.6 is 15.9 Å². The Morgan fingerprint density at radius 1 is 1.22 bits per heavy atom. The summed E-state index contributed by atoms with van der Waals surface area (Å²) in [6.07, 6.45) is 1.70. The number of imidazole rings is 1. The van der Waals surface area contributed by atoms with Crippen molar-refractivity contribution in [2.45, 2.75) is 18.8 Å². The summed E-state index contributed by atoms with van der Waals surface area (Å²) in [4.78, 5) is 34.2. The molecule has 1 saturated heterocycles. The zero-order chi connectivity index (χ0) is 18.8.